The Bertz CT molecular complexity index is 892. The van der Waals surface area contributed by atoms with Crippen molar-refractivity contribution in [2.75, 3.05) is 19.8 Å². The average molecular weight is 538 g/mol. The van der Waals surface area contributed by atoms with Crippen molar-refractivity contribution in [3.8, 4) is 5.75 Å². The zero-order valence-electron chi connectivity index (χ0n) is 24.0. The lowest BCUT2D eigenvalue weighted by Gasteiger charge is -2.33. The van der Waals surface area contributed by atoms with Gasteiger partial charge in [0.1, 0.15) is 29.2 Å². The van der Waals surface area contributed by atoms with Crippen molar-refractivity contribution in [3.63, 3.8) is 0 Å². The van der Waals surface area contributed by atoms with Crippen LogP contribution in [0.3, 0.4) is 0 Å². The van der Waals surface area contributed by atoms with Crippen LogP contribution in [0.15, 0.2) is 30.3 Å². The van der Waals surface area contributed by atoms with Gasteiger partial charge in [-0.3, -0.25) is 0 Å². The number of para-hydroxylation sites is 1. The summed E-state index contributed by atoms with van der Waals surface area (Å²) in [5, 5.41) is 0. The molecule has 0 aliphatic carbocycles. The van der Waals surface area contributed by atoms with E-state index < -0.39 is 53.7 Å². The van der Waals surface area contributed by atoms with E-state index in [9.17, 15) is 14.4 Å². The van der Waals surface area contributed by atoms with Crippen molar-refractivity contribution in [1.82, 2.24) is 4.90 Å². The van der Waals surface area contributed by atoms with E-state index in [0.29, 0.717) is 17.3 Å². The van der Waals surface area contributed by atoms with E-state index in [1.54, 1.807) is 60.6 Å². The zero-order chi connectivity index (χ0) is 28.7. The molecule has 10 nitrogen and oxygen atoms in total. The Balaban J connectivity index is 2.40. The lowest BCUT2D eigenvalue weighted by atomic mass is 10.1. The second kappa shape index (κ2) is 13.3. The summed E-state index contributed by atoms with van der Waals surface area (Å²) in [5.74, 6) is -0.0562. The van der Waals surface area contributed by atoms with Crippen LogP contribution >= 0.6 is 0 Å². The Morgan fingerprint density at radius 1 is 0.974 bits per heavy atom. The molecule has 1 saturated heterocycles. The quantitative estimate of drug-likeness (QED) is 0.367. The van der Waals surface area contributed by atoms with E-state index >= 15 is 0 Å². The van der Waals surface area contributed by atoms with Crippen molar-refractivity contribution in [2.45, 2.75) is 97.9 Å². The summed E-state index contributed by atoms with van der Waals surface area (Å²) in [5.41, 5.74) is -1.86. The number of imide groups is 1. The van der Waals surface area contributed by atoms with Crippen LogP contribution in [-0.2, 0) is 28.5 Å². The van der Waals surface area contributed by atoms with Gasteiger partial charge < -0.3 is 28.4 Å². The molecule has 214 valence electrons. The van der Waals surface area contributed by atoms with Crippen LogP contribution in [0.5, 0.6) is 5.75 Å². The summed E-state index contributed by atoms with van der Waals surface area (Å²) < 4.78 is 34.8. The molecule has 0 aromatic heterocycles. The van der Waals surface area contributed by atoms with E-state index in [-0.39, 0.29) is 19.1 Å². The molecule has 0 N–H and O–H groups in total. The average Bonchev–Trinajstić information content (AvgIpc) is 2.81. The van der Waals surface area contributed by atoms with Gasteiger partial charge in [0, 0.05) is 6.61 Å². The molecule has 4 unspecified atom stereocenters. The highest BCUT2D eigenvalue weighted by Crippen LogP contribution is 2.24. The van der Waals surface area contributed by atoms with Crippen LogP contribution in [0.25, 0.3) is 0 Å². The fourth-order valence-corrected chi connectivity index (χ4v) is 3.51. The Labute approximate surface area is 225 Å². The molecule has 1 heterocycles. The number of carbonyl (C=O) groups is 3. The predicted octanol–water partition coefficient (Wildman–Crippen LogP) is 4.98. The molecule has 1 aliphatic heterocycles. The normalized spacial score (nSPS) is 22.9. The van der Waals surface area contributed by atoms with Gasteiger partial charge in [0.25, 0.3) is 0 Å². The molecular weight excluding hydrogens is 494 g/mol. The molecular formula is C28H43NO9. The molecule has 10 heteroatoms. The summed E-state index contributed by atoms with van der Waals surface area (Å²) in [6.45, 7) is 15.7. The standard InChI is InChI=1S/C28H43NO9/c1-18(2)15-34-22-17-33-16-21(24(30)35-19(3)23(22)36-20-13-11-10-12-14-20)29(25(31)37-27(4,5)6)26(32)38-28(7,8)9/h10-14,18-19,21-23H,15-17H2,1-9H3. The molecule has 2 rings (SSSR count). The van der Waals surface area contributed by atoms with Crippen molar-refractivity contribution in [1.29, 1.82) is 0 Å². The molecule has 1 fully saturated rings. The third-order valence-corrected chi connectivity index (χ3v) is 5.11. The fourth-order valence-electron chi connectivity index (χ4n) is 3.51. The van der Waals surface area contributed by atoms with Gasteiger partial charge in [-0.15, -0.1) is 0 Å². The number of amides is 2. The molecule has 1 aliphatic rings. The Hall–Kier alpha value is -2.85. The van der Waals surface area contributed by atoms with Gasteiger partial charge in [-0.05, 0) is 66.5 Å². The van der Waals surface area contributed by atoms with Crippen molar-refractivity contribution in [3.05, 3.63) is 30.3 Å². The summed E-state index contributed by atoms with van der Waals surface area (Å²) in [4.78, 5) is 40.3. The van der Waals surface area contributed by atoms with Crippen LogP contribution in [0.1, 0.15) is 62.3 Å². The summed E-state index contributed by atoms with van der Waals surface area (Å²) in [6, 6.07) is 7.65. The van der Waals surface area contributed by atoms with Gasteiger partial charge in [-0.1, -0.05) is 32.0 Å². The highest BCUT2D eigenvalue weighted by Gasteiger charge is 2.44. The molecule has 4 atom stereocenters. The molecule has 1 aromatic carbocycles. The number of rotatable bonds is 6. The SMILES string of the molecule is CC(C)COC1COCC(N(C(=O)OC(C)(C)C)C(=O)OC(C)(C)C)C(=O)OC(C)C1Oc1ccccc1. The van der Waals surface area contributed by atoms with Gasteiger partial charge in [0.2, 0.25) is 0 Å². The van der Waals surface area contributed by atoms with Gasteiger partial charge in [0.15, 0.2) is 12.1 Å². The largest absolute Gasteiger partial charge is 0.484 e. The highest BCUT2D eigenvalue weighted by atomic mass is 16.6. The monoisotopic (exact) mass is 537 g/mol. The number of nitrogens with zero attached hydrogens (tertiary/aromatic N) is 1. The first kappa shape index (κ1) is 31.4. The number of cyclic esters (lactones) is 1. The second-order valence-electron chi connectivity index (χ2n) is 11.7. The lowest BCUT2D eigenvalue weighted by molar-refractivity contribution is -0.162. The Morgan fingerprint density at radius 2 is 1.53 bits per heavy atom. The second-order valence-corrected chi connectivity index (χ2v) is 11.7. The van der Waals surface area contributed by atoms with E-state index in [1.807, 2.05) is 32.0 Å². The molecule has 0 bridgehead atoms. The number of hydrogen-bond donors (Lipinski definition) is 0. The van der Waals surface area contributed by atoms with Crippen LogP contribution in [-0.4, -0.2) is 78.4 Å². The number of esters is 1. The Morgan fingerprint density at radius 3 is 2.03 bits per heavy atom. The van der Waals surface area contributed by atoms with Crippen molar-refractivity contribution >= 4 is 18.2 Å². The van der Waals surface area contributed by atoms with Crippen molar-refractivity contribution in [2.24, 2.45) is 5.92 Å². The third kappa shape index (κ3) is 10.1. The van der Waals surface area contributed by atoms with Gasteiger partial charge in [0.05, 0.1) is 13.2 Å². The van der Waals surface area contributed by atoms with Crippen LogP contribution in [0.4, 0.5) is 9.59 Å². The van der Waals surface area contributed by atoms with E-state index in [2.05, 4.69) is 0 Å². The molecule has 0 radical (unpaired) electrons. The van der Waals surface area contributed by atoms with Crippen LogP contribution in [0, 0.1) is 5.92 Å². The molecule has 0 spiro atoms. The maximum Gasteiger partial charge on any atom is 0.420 e. The minimum Gasteiger partial charge on any atom is -0.484 e. The van der Waals surface area contributed by atoms with Crippen molar-refractivity contribution < 1.29 is 42.8 Å². The first-order valence-corrected chi connectivity index (χ1v) is 12.9. The maximum absolute atomic E-state index is 13.4. The number of benzene rings is 1. The van der Waals surface area contributed by atoms with E-state index in [0.717, 1.165) is 0 Å². The van der Waals surface area contributed by atoms with E-state index in [4.69, 9.17) is 28.4 Å². The molecule has 38 heavy (non-hydrogen) atoms. The Kier molecular flexibility index (Phi) is 11.0. The summed E-state index contributed by atoms with van der Waals surface area (Å²) in [7, 11) is 0. The molecule has 2 amide bonds. The molecule has 1 aromatic rings. The van der Waals surface area contributed by atoms with Gasteiger partial charge in [-0.25, -0.2) is 14.4 Å². The fraction of sp³-hybridized carbons (Fsp3) is 0.679. The highest BCUT2D eigenvalue weighted by molar-refractivity contribution is 5.94. The number of ether oxygens (including phenoxy) is 6. The smallest absolute Gasteiger partial charge is 0.420 e. The van der Waals surface area contributed by atoms with Crippen LogP contribution in [0.2, 0.25) is 0 Å². The lowest BCUT2D eigenvalue weighted by Crippen LogP contribution is -2.54. The first-order valence-electron chi connectivity index (χ1n) is 12.9. The minimum atomic E-state index is -1.46. The zero-order valence-corrected chi connectivity index (χ0v) is 24.0. The number of hydrogen-bond acceptors (Lipinski definition) is 9. The molecule has 0 saturated carbocycles. The van der Waals surface area contributed by atoms with Gasteiger partial charge in [-0.2, -0.15) is 4.90 Å². The maximum atomic E-state index is 13.4. The minimum absolute atomic E-state index is 0.0260. The summed E-state index contributed by atoms with van der Waals surface area (Å²) >= 11 is 0. The third-order valence-electron chi connectivity index (χ3n) is 5.11. The predicted molar refractivity (Wildman–Crippen MR) is 140 cm³/mol. The number of carbonyl (C=O) groups excluding carboxylic acids is 3. The topological polar surface area (TPSA) is 110 Å². The van der Waals surface area contributed by atoms with E-state index in [1.165, 1.54) is 0 Å². The first-order chi connectivity index (χ1) is 17.6. The van der Waals surface area contributed by atoms with Crippen LogP contribution < -0.4 is 4.74 Å². The summed E-state index contributed by atoms with van der Waals surface area (Å²) in [6.07, 6.45) is -4.24. The van der Waals surface area contributed by atoms with Gasteiger partial charge >= 0.3 is 18.2 Å².